The number of nitrogens with one attached hydrogen (secondary N) is 1. The lowest BCUT2D eigenvalue weighted by Gasteiger charge is -2.15. The maximum absolute atomic E-state index is 11.7. The number of hydrogen-bond donors (Lipinski definition) is 1. The highest BCUT2D eigenvalue weighted by Crippen LogP contribution is 2.20. The maximum Gasteiger partial charge on any atom is 0.325 e. The monoisotopic (exact) mass is 249 g/mol. The number of carbonyl (C=O) groups is 2. The summed E-state index contributed by atoms with van der Waals surface area (Å²) in [6.07, 6.45) is 0.630. The molecule has 16 heavy (non-hydrogen) atoms. The predicted molar refractivity (Wildman–Crippen MR) is 58.2 cm³/mol. The zero-order valence-corrected chi connectivity index (χ0v) is 10.1. The minimum atomic E-state index is -0.841. The summed E-state index contributed by atoms with van der Waals surface area (Å²) >= 11 is 5.70. The van der Waals surface area contributed by atoms with Gasteiger partial charge in [-0.2, -0.15) is 0 Å². The van der Waals surface area contributed by atoms with Crippen molar-refractivity contribution in [2.75, 3.05) is 20.3 Å². The first-order valence-electron chi connectivity index (χ1n) is 5.17. The molecule has 92 valence electrons. The molecule has 3 atom stereocenters. The summed E-state index contributed by atoms with van der Waals surface area (Å²) in [5.74, 6) is -0.821. The number of esters is 1. The smallest absolute Gasteiger partial charge is 0.325 e. The van der Waals surface area contributed by atoms with E-state index in [0.29, 0.717) is 13.0 Å². The molecule has 0 aromatic rings. The number of alkyl halides is 1. The Morgan fingerprint density at radius 3 is 2.81 bits per heavy atom. The highest BCUT2D eigenvalue weighted by atomic mass is 35.5. The van der Waals surface area contributed by atoms with Crippen LogP contribution in [0.3, 0.4) is 0 Å². The average molecular weight is 250 g/mol. The minimum absolute atomic E-state index is 0.0769. The number of halogens is 1. The van der Waals surface area contributed by atoms with Gasteiger partial charge in [-0.3, -0.25) is 9.59 Å². The fraction of sp³-hybridized carbons (Fsp3) is 0.800. The standard InChI is InChI=1S/C10H16ClNO4/c1-6-7(3-4-16-6)9(13)12-5-8(11)10(14)15-2/h6-8H,3-5H2,1-2H3,(H,12,13). The van der Waals surface area contributed by atoms with Gasteiger partial charge >= 0.3 is 5.97 Å². The second-order valence-corrected chi connectivity index (χ2v) is 4.23. The molecule has 1 rings (SSSR count). The lowest BCUT2D eigenvalue weighted by atomic mass is 10.0. The fourth-order valence-electron chi connectivity index (χ4n) is 1.61. The van der Waals surface area contributed by atoms with Crippen molar-refractivity contribution in [3.63, 3.8) is 0 Å². The van der Waals surface area contributed by atoms with Crippen LogP contribution in [0.15, 0.2) is 0 Å². The van der Waals surface area contributed by atoms with Gasteiger partial charge in [0.15, 0.2) is 0 Å². The molecule has 0 aromatic carbocycles. The molecule has 1 amide bonds. The molecule has 0 saturated carbocycles. The van der Waals surface area contributed by atoms with Crippen molar-refractivity contribution >= 4 is 23.5 Å². The Morgan fingerprint density at radius 1 is 1.62 bits per heavy atom. The van der Waals surface area contributed by atoms with Crippen LogP contribution >= 0.6 is 11.6 Å². The molecule has 0 radical (unpaired) electrons. The number of methoxy groups -OCH3 is 1. The highest BCUT2D eigenvalue weighted by molar-refractivity contribution is 6.30. The summed E-state index contributed by atoms with van der Waals surface area (Å²) in [7, 11) is 1.26. The largest absolute Gasteiger partial charge is 0.468 e. The predicted octanol–water partition coefficient (Wildman–Crippen LogP) is 0.308. The van der Waals surface area contributed by atoms with Crippen LogP contribution in [-0.2, 0) is 19.1 Å². The Balaban J connectivity index is 2.32. The normalized spacial score (nSPS) is 26.2. The third-order valence-corrected chi connectivity index (χ3v) is 2.96. The first-order valence-corrected chi connectivity index (χ1v) is 5.61. The van der Waals surface area contributed by atoms with Gasteiger partial charge in [0, 0.05) is 13.2 Å². The van der Waals surface area contributed by atoms with Gasteiger partial charge in [-0.05, 0) is 13.3 Å². The van der Waals surface area contributed by atoms with Gasteiger partial charge in [0.2, 0.25) is 5.91 Å². The van der Waals surface area contributed by atoms with Crippen LogP contribution in [0.25, 0.3) is 0 Å². The van der Waals surface area contributed by atoms with E-state index in [4.69, 9.17) is 16.3 Å². The summed E-state index contributed by atoms with van der Waals surface area (Å²) < 4.78 is 9.72. The Hall–Kier alpha value is -0.810. The molecule has 5 nitrogen and oxygen atoms in total. The van der Waals surface area contributed by atoms with E-state index in [-0.39, 0.29) is 24.5 Å². The lowest BCUT2D eigenvalue weighted by Crippen LogP contribution is -2.39. The van der Waals surface area contributed by atoms with E-state index in [1.54, 1.807) is 0 Å². The molecule has 1 N–H and O–H groups in total. The highest BCUT2D eigenvalue weighted by Gasteiger charge is 2.31. The second kappa shape index (κ2) is 6.06. The van der Waals surface area contributed by atoms with E-state index < -0.39 is 11.3 Å². The van der Waals surface area contributed by atoms with Crippen LogP contribution in [0, 0.1) is 5.92 Å². The van der Waals surface area contributed by atoms with Gasteiger partial charge in [-0.15, -0.1) is 11.6 Å². The Labute approximate surface area is 99.4 Å². The van der Waals surface area contributed by atoms with Crippen LogP contribution in [0.2, 0.25) is 0 Å². The molecule has 0 aliphatic carbocycles. The van der Waals surface area contributed by atoms with Crippen molar-refractivity contribution < 1.29 is 19.1 Å². The van der Waals surface area contributed by atoms with E-state index in [1.807, 2.05) is 6.92 Å². The zero-order valence-electron chi connectivity index (χ0n) is 9.36. The van der Waals surface area contributed by atoms with Crippen molar-refractivity contribution in [2.45, 2.75) is 24.8 Å². The van der Waals surface area contributed by atoms with Gasteiger partial charge < -0.3 is 14.8 Å². The molecule has 1 fully saturated rings. The van der Waals surface area contributed by atoms with Crippen molar-refractivity contribution in [2.24, 2.45) is 5.92 Å². The van der Waals surface area contributed by atoms with Crippen molar-refractivity contribution in [1.82, 2.24) is 5.32 Å². The lowest BCUT2D eigenvalue weighted by molar-refractivity contribution is -0.140. The second-order valence-electron chi connectivity index (χ2n) is 3.71. The van der Waals surface area contributed by atoms with E-state index in [9.17, 15) is 9.59 Å². The maximum atomic E-state index is 11.7. The van der Waals surface area contributed by atoms with Gasteiger partial charge in [0.05, 0.1) is 19.1 Å². The quantitative estimate of drug-likeness (QED) is 0.575. The first-order chi connectivity index (χ1) is 7.56. The summed E-state index contributed by atoms with van der Waals surface area (Å²) in [4.78, 5) is 22.6. The van der Waals surface area contributed by atoms with Crippen LogP contribution < -0.4 is 5.32 Å². The number of rotatable bonds is 4. The number of ether oxygens (including phenoxy) is 2. The molecular formula is C10H16ClNO4. The van der Waals surface area contributed by atoms with Crippen molar-refractivity contribution in [3.8, 4) is 0 Å². The zero-order chi connectivity index (χ0) is 12.1. The van der Waals surface area contributed by atoms with Crippen LogP contribution in [0.5, 0.6) is 0 Å². The van der Waals surface area contributed by atoms with Gasteiger partial charge in [0.25, 0.3) is 0 Å². The molecule has 0 spiro atoms. The van der Waals surface area contributed by atoms with Gasteiger partial charge in [-0.25, -0.2) is 0 Å². The molecule has 1 saturated heterocycles. The van der Waals surface area contributed by atoms with E-state index in [0.717, 1.165) is 0 Å². The number of carbonyl (C=O) groups excluding carboxylic acids is 2. The summed E-state index contributed by atoms with van der Waals surface area (Å²) in [6, 6.07) is 0. The molecule has 3 unspecified atom stereocenters. The Kier molecular flexibility index (Phi) is 5.02. The molecule has 0 aromatic heterocycles. The Morgan fingerprint density at radius 2 is 2.31 bits per heavy atom. The van der Waals surface area contributed by atoms with Crippen LogP contribution in [0.1, 0.15) is 13.3 Å². The SMILES string of the molecule is COC(=O)C(Cl)CNC(=O)C1CCOC1C. The minimum Gasteiger partial charge on any atom is -0.468 e. The first kappa shape index (κ1) is 13.3. The molecule has 1 aliphatic heterocycles. The van der Waals surface area contributed by atoms with E-state index in [1.165, 1.54) is 7.11 Å². The molecule has 0 bridgehead atoms. The Bertz CT molecular complexity index is 272. The van der Waals surface area contributed by atoms with Crippen molar-refractivity contribution in [1.29, 1.82) is 0 Å². The van der Waals surface area contributed by atoms with E-state index in [2.05, 4.69) is 10.1 Å². The van der Waals surface area contributed by atoms with Crippen LogP contribution in [-0.4, -0.2) is 43.6 Å². The average Bonchev–Trinajstić information content (AvgIpc) is 2.70. The topological polar surface area (TPSA) is 64.6 Å². The number of amides is 1. The fourth-order valence-corrected chi connectivity index (χ4v) is 1.77. The third-order valence-electron chi connectivity index (χ3n) is 2.63. The molecule has 1 heterocycles. The van der Waals surface area contributed by atoms with Crippen LogP contribution in [0.4, 0.5) is 0 Å². The summed E-state index contributed by atoms with van der Waals surface area (Å²) in [6.45, 7) is 2.53. The summed E-state index contributed by atoms with van der Waals surface area (Å²) in [5.41, 5.74) is 0. The summed E-state index contributed by atoms with van der Waals surface area (Å²) in [5, 5.41) is 1.78. The molecular weight excluding hydrogens is 234 g/mol. The third kappa shape index (κ3) is 3.35. The van der Waals surface area contributed by atoms with E-state index >= 15 is 0 Å². The molecule has 1 aliphatic rings. The van der Waals surface area contributed by atoms with Gasteiger partial charge in [-0.1, -0.05) is 0 Å². The van der Waals surface area contributed by atoms with Crippen molar-refractivity contribution in [3.05, 3.63) is 0 Å². The number of hydrogen-bond acceptors (Lipinski definition) is 4. The molecule has 6 heteroatoms. The van der Waals surface area contributed by atoms with Gasteiger partial charge in [0.1, 0.15) is 5.38 Å².